The summed E-state index contributed by atoms with van der Waals surface area (Å²) in [6.07, 6.45) is 4.95. The van der Waals surface area contributed by atoms with Gasteiger partial charge in [-0.1, -0.05) is 0 Å². The Kier molecular flexibility index (Phi) is 1.91. The fraction of sp³-hybridized carbons (Fsp3) is 0.182. The van der Waals surface area contributed by atoms with Crippen LogP contribution in [0.5, 0.6) is 0 Å². The van der Waals surface area contributed by atoms with Gasteiger partial charge >= 0.3 is 0 Å². The second-order valence-electron chi connectivity index (χ2n) is 3.84. The lowest BCUT2D eigenvalue weighted by atomic mass is 10.1. The molecule has 0 aliphatic rings. The summed E-state index contributed by atoms with van der Waals surface area (Å²) in [5.74, 6) is 1.24. The van der Waals surface area contributed by atoms with Gasteiger partial charge in [-0.3, -0.25) is 0 Å². The normalized spacial score (nSPS) is 11.2. The predicted octanol–water partition coefficient (Wildman–Crippen LogP) is 1.58. The third kappa shape index (κ3) is 1.37. The van der Waals surface area contributed by atoms with Crippen LogP contribution in [-0.4, -0.2) is 19.6 Å². The molecule has 0 aromatic carbocycles. The van der Waals surface area contributed by atoms with Crippen molar-refractivity contribution in [3.8, 4) is 11.3 Å². The second kappa shape index (κ2) is 3.31. The van der Waals surface area contributed by atoms with Crippen LogP contribution in [0.1, 0.15) is 11.6 Å². The minimum atomic E-state index is 0.603. The number of aryl methyl sites for hydroxylation is 2. The Morgan fingerprint density at radius 2 is 2.12 bits per heavy atom. The lowest BCUT2D eigenvalue weighted by Gasteiger charge is -2.07. The summed E-state index contributed by atoms with van der Waals surface area (Å²) in [6, 6.07) is 0. The van der Waals surface area contributed by atoms with Crippen LogP contribution in [0.25, 0.3) is 16.8 Å². The number of aromatic nitrogens is 4. The van der Waals surface area contributed by atoms with Crippen molar-refractivity contribution in [2.45, 2.75) is 13.8 Å². The summed E-state index contributed by atoms with van der Waals surface area (Å²) in [4.78, 5) is 8.09. The maximum Gasteiger partial charge on any atom is 0.191 e. The molecule has 86 valence electrons. The first-order valence-electron chi connectivity index (χ1n) is 5.18. The van der Waals surface area contributed by atoms with E-state index in [0.29, 0.717) is 17.3 Å². The maximum absolute atomic E-state index is 6.12. The summed E-state index contributed by atoms with van der Waals surface area (Å²) < 4.78 is 7.15. The van der Waals surface area contributed by atoms with Crippen molar-refractivity contribution in [1.82, 2.24) is 19.6 Å². The molecular formula is C11H11N5O. The van der Waals surface area contributed by atoms with E-state index in [1.807, 2.05) is 6.92 Å². The molecule has 6 nitrogen and oxygen atoms in total. The summed E-state index contributed by atoms with van der Waals surface area (Å²) >= 11 is 0. The first-order chi connectivity index (χ1) is 8.16. The molecule has 3 heterocycles. The van der Waals surface area contributed by atoms with Gasteiger partial charge < -0.3 is 10.2 Å². The standard InChI is InChI=1S/C11H11N5O/c1-6-10(9-4-14-7(2)17-9)11(12)8-3-13-5-16(8)15-6/h3-5H,12H2,1-2H3. The van der Waals surface area contributed by atoms with E-state index in [-0.39, 0.29) is 0 Å². The average Bonchev–Trinajstić information content (AvgIpc) is 2.87. The van der Waals surface area contributed by atoms with Gasteiger partial charge in [-0.15, -0.1) is 0 Å². The summed E-state index contributed by atoms with van der Waals surface area (Å²) in [5, 5.41) is 4.37. The van der Waals surface area contributed by atoms with Crippen molar-refractivity contribution in [3.05, 3.63) is 30.3 Å². The molecule has 3 aromatic rings. The summed E-state index contributed by atoms with van der Waals surface area (Å²) in [5.41, 5.74) is 9.04. The third-order valence-electron chi connectivity index (χ3n) is 2.65. The van der Waals surface area contributed by atoms with Crippen LogP contribution in [-0.2, 0) is 0 Å². The SMILES string of the molecule is Cc1ncc(-c2c(C)nn3cncc3c2N)o1. The first kappa shape index (κ1) is 9.83. The number of nitrogen functional groups attached to an aromatic ring is 1. The smallest absolute Gasteiger partial charge is 0.191 e. The van der Waals surface area contributed by atoms with Crippen molar-refractivity contribution >= 4 is 11.2 Å². The van der Waals surface area contributed by atoms with Crippen LogP contribution in [0.2, 0.25) is 0 Å². The maximum atomic E-state index is 6.12. The van der Waals surface area contributed by atoms with Gasteiger partial charge in [0.2, 0.25) is 0 Å². The lowest BCUT2D eigenvalue weighted by Crippen LogP contribution is -2.01. The van der Waals surface area contributed by atoms with E-state index in [9.17, 15) is 0 Å². The van der Waals surface area contributed by atoms with Crippen LogP contribution in [0.4, 0.5) is 5.69 Å². The molecule has 0 saturated heterocycles. The number of imidazole rings is 1. The Balaban J connectivity index is 2.35. The number of hydrogen-bond donors (Lipinski definition) is 1. The Labute approximate surface area is 97.1 Å². The molecule has 0 fully saturated rings. The molecule has 17 heavy (non-hydrogen) atoms. The van der Waals surface area contributed by atoms with Crippen LogP contribution < -0.4 is 5.73 Å². The van der Waals surface area contributed by atoms with Gasteiger partial charge in [-0.25, -0.2) is 14.5 Å². The van der Waals surface area contributed by atoms with Crippen molar-refractivity contribution in [1.29, 1.82) is 0 Å². The zero-order valence-corrected chi connectivity index (χ0v) is 9.51. The minimum absolute atomic E-state index is 0.603. The second-order valence-corrected chi connectivity index (χ2v) is 3.84. The average molecular weight is 229 g/mol. The van der Waals surface area contributed by atoms with Crippen molar-refractivity contribution in [3.63, 3.8) is 0 Å². The quantitative estimate of drug-likeness (QED) is 0.685. The molecule has 2 N–H and O–H groups in total. The monoisotopic (exact) mass is 229 g/mol. The molecule has 6 heteroatoms. The van der Waals surface area contributed by atoms with Gasteiger partial charge in [0.25, 0.3) is 0 Å². The Morgan fingerprint density at radius 1 is 1.29 bits per heavy atom. The fourth-order valence-corrected chi connectivity index (χ4v) is 1.88. The molecule has 0 aliphatic heterocycles. The number of nitrogens with zero attached hydrogens (tertiary/aromatic N) is 4. The van der Waals surface area contributed by atoms with Crippen molar-refractivity contribution < 1.29 is 4.42 Å². The van der Waals surface area contributed by atoms with Gasteiger partial charge in [0, 0.05) is 6.92 Å². The van der Waals surface area contributed by atoms with Gasteiger partial charge in [0.1, 0.15) is 11.8 Å². The van der Waals surface area contributed by atoms with Gasteiger partial charge in [-0.2, -0.15) is 5.10 Å². The highest BCUT2D eigenvalue weighted by atomic mass is 16.4. The molecular weight excluding hydrogens is 218 g/mol. The zero-order chi connectivity index (χ0) is 12.0. The van der Waals surface area contributed by atoms with Crippen molar-refractivity contribution in [2.24, 2.45) is 0 Å². The van der Waals surface area contributed by atoms with E-state index in [1.54, 1.807) is 30.2 Å². The zero-order valence-electron chi connectivity index (χ0n) is 9.51. The van der Waals surface area contributed by atoms with E-state index in [4.69, 9.17) is 10.2 Å². The van der Waals surface area contributed by atoms with Gasteiger partial charge in [0.05, 0.1) is 29.3 Å². The molecule has 0 radical (unpaired) electrons. The molecule has 3 rings (SSSR count). The number of rotatable bonds is 1. The van der Waals surface area contributed by atoms with E-state index in [2.05, 4.69) is 15.1 Å². The first-order valence-corrected chi connectivity index (χ1v) is 5.18. The third-order valence-corrected chi connectivity index (χ3v) is 2.65. The van der Waals surface area contributed by atoms with E-state index in [0.717, 1.165) is 16.8 Å². The van der Waals surface area contributed by atoms with Gasteiger partial charge in [0.15, 0.2) is 11.7 Å². The number of anilines is 1. The predicted molar refractivity (Wildman–Crippen MR) is 62.4 cm³/mol. The van der Waals surface area contributed by atoms with Gasteiger partial charge in [-0.05, 0) is 6.92 Å². The number of fused-ring (bicyclic) bond motifs is 1. The van der Waals surface area contributed by atoms with Crippen LogP contribution in [0.15, 0.2) is 23.1 Å². The molecule has 0 unspecified atom stereocenters. The van der Waals surface area contributed by atoms with Crippen LogP contribution >= 0.6 is 0 Å². The summed E-state index contributed by atoms with van der Waals surface area (Å²) in [7, 11) is 0. The molecule has 0 atom stereocenters. The largest absolute Gasteiger partial charge is 0.441 e. The molecule has 0 aliphatic carbocycles. The fourth-order valence-electron chi connectivity index (χ4n) is 1.88. The Hall–Kier alpha value is -2.37. The molecule has 3 aromatic heterocycles. The Bertz CT molecular complexity index is 697. The molecule has 0 spiro atoms. The highest BCUT2D eigenvalue weighted by Crippen LogP contribution is 2.31. The highest BCUT2D eigenvalue weighted by molar-refractivity contribution is 5.85. The lowest BCUT2D eigenvalue weighted by molar-refractivity contribution is 0.534. The molecule has 0 bridgehead atoms. The minimum Gasteiger partial charge on any atom is -0.441 e. The summed E-state index contributed by atoms with van der Waals surface area (Å²) in [6.45, 7) is 3.67. The van der Waals surface area contributed by atoms with E-state index in [1.165, 1.54) is 0 Å². The topological polar surface area (TPSA) is 82.2 Å². The molecule has 0 saturated carbocycles. The Morgan fingerprint density at radius 3 is 2.82 bits per heavy atom. The number of nitrogens with two attached hydrogens (primary N) is 1. The van der Waals surface area contributed by atoms with E-state index < -0.39 is 0 Å². The van der Waals surface area contributed by atoms with Crippen LogP contribution in [0, 0.1) is 13.8 Å². The van der Waals surface area contributed by atoms with E-state index >= 15 is 0 Å². The highest BCUT2D eigenvalue weighted by Gasteiger charge is 2.15. The van der Waals surface area contributed by atoms with Crippen molar-refractivity contribution in [2.75, 3.05) is 5.73 Å². The number of hydrogen-bond acceptors (Lipinski definition) is 5. The number of oxazole rings is 1. The van der Waals surface area contributed by atoms with Crippen LogP contribution in [0.3, 0.4) is 0 Å². The molecule has 0 amide bonds.